The van der Waals surface area contributed by atoms with E-state index < -0.39 is 0 Å². The Morgan fingerprint density at radius 3 is 2.21 bits per heavy atom. The van der Waals surface area contributed by atoms with E-state index >= 15 is 0 Å². The Morgan fingerprint density at radius 2 is 1.79 bits per heavy atom. The Balaban J connectivity index is 2.55. The summed E-state index contributed by atoms with van der Waals surface area (Å²) in [7, 11) is 3.70. The van der Waals surface area contributed by atoms with Gasteiger partial charge in [0.05, 0.1) is 6.04 Å². The SMILES string of the molecule is CC(C)CC(NC1CCC(C)(C)CC1)C(=O)N(C)C. The Morgan fingerprint density at radius 1 is 1.26 bits per heavy atom. The van der Waals surface area contributed by atoms with E-state index in [1.54, 1.807) is 4.90 Å². The fourth-order valence-corrected chi connectivity index (χ4v) is 2.87. The Labute approximate surface area is 119 Å². The van der Waals surface area contributed by atoms with Gasteiger partial charge in [-0.1, -0.05) is 27.7 Å². The normalized spacial score (nSPS) is 21.4. The van der Waals surface area contributed by atoms with Gasteiger partial charge in [0.2, 0.25) is 5.91 Å². The number of rotatable bonds is 5. The molecule has 0 bridgehead atoms. The van der Waals surface area contributed by atoms with Crippen molar-refractivity contribution in [1.82, 2.24) is 10.2 Å². The van der Waals surface area contributed by atoms with Crippen molar-refractivity contribution in [1.29, 1.82) is 0 Å². The number of carbonyl (C=O) groups is 1. The first-order valence-electron chi connectivity index (χ1n) is 7.68. The number of hydrogen-bond donors (Lipinski definition) is 1. The molecule has 0 spiro atoms. The molecule has 1 fully saturated rings. The van der Waals surface area contributed by atoms with Crippen LogP contribution < -0.4 is 5.32 Å². The maximum atomic E-state index is 12.2. The van der Waals surface area contributed by atoms with E-state index in [4.69, 9.17) is 0 Å². The number of hydrogen-bond acceptors (Lipinski definition) is 2. The molecule has 1 saturated carbocycles. The molecule has 0 aliphatic heterocycles. The van der Waals surface area contributed by atoms with Crippen molar-refractivity contribution in [2.75, 3.05) is 14.1 Å². The number of likely N-dealkylation sites (N-methyl/N-ethyl adjacent to an activating group) is 1. The van der Waals surface area contributed by atoms with Crippen LogP contribution in [0.2, 0.25) is 0 Å². The second kappa shape index (κ2) is 6.74. The molecule has 1 rings (SSSR count). The molecule has 1 unspecified atom stereocenters. The molecule has 0 saturated heterocycles. The Kier molecular flexibility index (Phi) is 5.84. The van der Waals surface area contributed by atoms with Crippen molar-refractivity contribution in [3.05, 3.63) is 0 Å². The first kappa shape index (κ1) is 16.5. The van der Waals surface area contributed by atoms with Gasteiger partial charge in [0, 0.05) is 20.1 Å². The summed E-state index contributed by atoms with van der Waals surface area (Å²) in [5.41, 5.74) is 0.483. The van der Waals surface area contributed by atoms with E-state index in [0.29, 0.717) is 17.4 Å². The van der Waals surface area contributed by atoms with E-state index in [-0.39, 0.29) is 11.9 Å². The van der Waals surface area contributed by atoms with Crippen LogP contribution in [0.5, 0.6) is 0 Å². The van der Waals surface area contributed by atoms with Crippen LogP contribution in [-0.2, 0) is 4.79 Å². The van der Waals surface area contributed by atoms with E-state index in [1.165, 1.54) is 25.7 Å². The second-order valence-electron chi connectivity index (χ2n) is 7.52. The van der Waals surface area contributed by atoms with E-state index in [1.807, 2.05) is 14.1 Å². The van der Waals surface area contributed by atoms with Gasteiger partial charge >= 0.3 is 0 Å². The number of carbonyl (C=O) groups excluding carboxylic acids is 1. The van der Waals surface area contributed by atoms with Gasteiger partial charge in [0.25, 0.3) is 0 Å². The van der Waals surface area contributed by atoms with Gasteiger partial charge in [-0.25, -0.2) is 0 Å². The topological polar surface area (TPSA) is 32.3 Å². The zero-order valence-corrected chi connectivity index (χ0v) is 13.6. The third kappa shape index (κ3) is 5.52. The lowest BCUT2D eigenvalue weighted by molar-refractivity contribution is -0.131. The van der Waals surface area contributed by atoms with Gasteiger partial charge in [-0.2, -0.15) is 0 Å². The third-order valence-electron chi connectivity index (χ3n) is 4.22. The van der Waals surface area contributed by atoms with Gasteiger partial charge in [0.1, 0.15) is 0 Å². The van der Waals surface area contributed by atoms with E-state index in [2.05, 4.69) is 33.0 Å². The van der Waals surface area contributed by atoms with Crippen LogP contribution in [0.3, 0.4) is 0 Å². The predicted molar refractivity (Wildman–Crippen MR) is 81.1 cm³/mol. The average molecular weight is 268 g/mol. The van der Waals surface area contributed by atoms with Crippen LogP contribution in [0, 0.1) is 11.3 Å². The maximum absolute atomic E-state index is 12.2. The molecular formula is C16H32N2O. The molecule has 0 aromatic rings. The summed E-state index contributed by atoms with van der Waals surface area (Å²) in [4.78, 5) is 14.0. The summed E-state index contributed by atoms with van der Waals surface area (Å²) >= 11 is 0. The minimum absolute atomic E-state index is 0.0128. The van der Waals surface area contributed by atoms with Crippen molar-refractivity contribution in [2.24, 2.45) is 11.3 Å². The first-order valence-corrected chi connectivity index (χ1v) is 7.68. The molecular weight excluding hydrogens is 236 g/mol. The van der Waals surface area contributed by atoms with E-state index in [9.17, 15) is 4.79 Å². The number of nitrogens with one attached hydrogen (secondary N) is 1. The van der Waals surface area contributed by atoms with Crippen molar-refractivity contribution >= 4 is 5.91 Å². The van der Waals surface area contributed by atoms with Crippen molar-refractivity contribution in [2.45, 2.75) is 71.9 Å². The van der Waals surface area contributed by atoms with Crippen molar-refractivity contribution in [3.63, 3.8) is 0 Å². The molecule has 1 amide bonds. The fraction of sp³-hybridized carbons (Fsp3) is 0.938. The highest BCUT2D eigenvalue weighted by molar-refractivity contribution is 5.81. The lowest BCUT2D eigenvalue weighted by Crippen LogP contribution is -2.49. The summed E-state index contributed by atoms with van der Waals surface area (Å²) in [6.45, 7) is 9.06. The van der Waals surface area contributed by atoms with Crippen LogP contribution in [0.15, 0.2) is 0 Å². The highest BCUT2D eigenvalue weighted by Gasteiger charge is 2.30. The molecule has 1 aliphatic carbocycles. The first-order chi connectivity index (χ1) is 8.71. The third-order valence-corrected chi connectivity index (χ3v) is 4.22. The van der Waals surface area contributed by atoms with Crippen LogP contribution in [-0.4, -0.2) is 37.0 Å². The predicted octanol–water partition coefficient (Wildman–Crippen LogP) is 3.05. The standard InChI is InChI=1S/C16H32N2O/c1-12(2)11-14(15(19)18(5)6)17-13-7-9-16(3,4)10-8-13/h12-14,17H,7-11H2,1-6H3. The summed E-state index contributed by atoms with van der Waals surface area (Å²) in [5.74, 6) is 0.764. The zero-order chi connectivity index (χ0) is 14.6. The number of nitrogens with zero attached hydrogens (tertiary/aromatic N) is 1. The fourth-order valence-electron chi connectivity index (χ4n) is 2.87. The Hall–Kier alpha value is -0.570. The largest absolute Gasteiger partial charge is 0.347 e. The Bertz CT molecular complexity index is 287. The highest BCUT2D eigenvalue weighted by atomic mass is 16.2. The quantitative estimate of drug-likeness (QED) is 0.831. The zero-order valence-electron chi connectivity index (χ0n) is 13.6. The molecule has 1 atom stereocenters. The molecule has 0 aromatic carbocycles. The van der Waals surface area contributed by atoms with Gasteiger partial charge in [-0.05, 0) is 43.4 Å². The maximum Gasteiger partial charge on any atom is 0.239 e. The molecule has 0 radical (unpaired) electrons. The van der Waals surface area contributed by atoms with Gasteiger partial charge in [-0.15, -0.1) is 0 Å². The van der Waals surface area contributed by atoms with Gasteiger partial charge in [-0.3, -0.25) is 4.79 Å². The highest BCUT2D eigenvalue weighted by Crippen LogP contribution is 2.35. The van der Waals surface area contributed by atoms with Crippen LogP contribution >= 0.6 is 0 Å². The molecule has 3 nitrogen and oxygen atoms in total. The minimum Gasteiger partial charge on any atom is -0.347 e. The molecule has 112 valence electrons. The molecule has 1 aliphatic rings. The molecule has 0 heterocycles. The van der Waals surface area contributed by atoms with E-state index in [0.717, 1.165) is 6.42 Å². The second-order valence-corrected chi connectivity index (χ2v) is 7.52. The van der Waals surface area contributed by atoms with Crippen LogP contribution in [0.25, 0.3) is 0 Å². The minimum atomic E-state index is -0.0128. The van der Waals surface area contributed by atoms with Crippen molar-refractivity contribution in [3.8, 4) is 0 Å². The molecule has 19 heavy (non-hydrogen) atoms. The van der Waals surface area contributed by atoms with Crippen molar-refractivity contribution < 1.29 is 4.79 Å². The lowest BCUT2D eigenvalue weighted by Gasteiger charge is -2.37. The number of amides is 1. The smallest absolute Gasteiger partial charge is 0.239 e. The van der Waals surface area contributed by atoms with Crippen LogP contribution in [0.4, 0.5) is 0 Å². The average Bonchev–Trinajstić information content (AvgIpc) is 2.29. The summed E-state index contributed by atoms with van der Waals surface area (Å²) in [5, 5.41) is 3.61. The molecule has 0 aromatic heterocycles. The van der Waals surface area contributed by atoms with Crippen LogP contribution in [0.1, 0.15) is 59.8 Å². The molecule has 3 heteroatoms. The van der Waals surface area contributed by atoms with Gasteiger partial charge < -0.3 is 10.2 Å². The monoisotopic (exact) mass is 268 g/mol. The lowest BCUT2D eigenvalue weighted by atomic mass is 9.75. The summed E-state index contributed by atoms with van der Waals surface area (Å²) in [6.07, 6.45) is 5.84. The molecule has 1 N–H and O–H groups in total. The summed E-state index contributed by atoms with van der Waals surface area (Å²) in [6, 6.07) is 0.502. The summed E-state index contributed by atoms with van der Waals surface area (Å²) < 4.78 is 0. The van der Waals surface area contributed by atoms with Gasteiger partial charge in [0.15, 0.2) is 0 Å².